The zero-order valence-electron chi connectivity index (χ0n) is 5.42. The highest BCUT2D eigenvalue weighted by Gasteiger charge is 2.22. The third-order valence-corrected chi connectivity index (χ3v) is 1.63. The first kappa shape index (κ1) is 9.15. The van der Waals surface area contributed by atoms with E-state index in [-0.39, 0.29) is 0 Å². The summed E-state index contributed by atoms with van der Waals surface area (Å²) < 4.78 is 12.8. The Hall–Kier alpha value is -0.940. The van der Waals surface area contributed by atoms with Gasteiger partial charge in [-0.15, -0.1) is 0 Å². The smallest absolute Gasteiger partial charge is 0.258 e. The van der Waals surface area contributed by atoms with Crippen molar-refractivity contribution in [3.63, 3.8) is 0 Å². The van der Waals surface area contributed by atoms with Crippen molar-refractivity contribution in [3.05, 3.63) is 32.3 Å². The Bertz CT molecular complexity index is 344. The maximum atomic E-state index is 12.8. The molecule has 0 atom stereocenters. The van der Waals surface area contributed by atoms with Crippen LogP contribution in [0.4, 0.5) is 10.1 Å². The predicted molar refractivity (Wildman–Crippen MR) is 40.9 cm³/mol. The number of halogens is 3. The Kier molecular flexibility index (Phi) is 2.44. The Morgan fingerprint density at radius 3 is 2.58 bits per heavy atom. The quantitative estimate of drug-likeness (QED) is 0.407. The molecule has 0 bridgehead atoms. The largest absolute Gasteiger partial charge is 0.343 e. The second-order valence-electron chi connectivity index (χ2n) is 1.82. The van der Waals surface area contributed by atoms with Crippen LogP contribution in [-0.2, 0) is 0 Å². The molecule has 1 aromatic heterocycles. The van der Waals surface area contributed by atoms with Crippen molar-refractivity contribution in [2.75, 3.05) is 0 Å². The second-order valence-corrected chi connectivity index (χ2v) is 2.58. The second kappa shape index (κ2) is 3.20. The minimum Gasteiger partial charge on any atom is -0.258 e. The van der Waals surface area contributed by atoms with Crippen molar-refractivity contribution in [2.45, 2.75) is 0 Å². The van der Waals surface area contributed by atoms with Crippen molar-refractivity contribution in [1.29, 1.82) is 0 Å². The van der Waals surface area contributed by atoms with E-state index in [1.807, 2.05) is 0 Å². The van der Waals surface area contributed by atoms with E-state index >= 15 is 0 Å². The van der Waals surface area contributed by atoms with Crippen LogP contribution in [0.25, 0.3) is 0 Å². The Balaban J connectivity index is 3.43. The third kappa shape index (κ3) is 1.46. The monoisotopic (exact) mass is 210 g/mol. The third-order valence-electron chi connectivity index (χ3n) is 1.09. The fraction of sp³-hybridized carbons (Fsp3) is 0. The summed E-state index contributed by atoms with van der Waals surface area (Å²) in [5, 5.41) is 9.24. The molecule has 4 nitrogen and oxygen atoms in total. The van der Waals surface area contributed by atoms with Crippen molar-refractivity contribution in [1.82, 2.24) is 4.98 Å². The van der Waals surface area contributed by atoms with Gasteiger partial charge in [0.2, 0.25) is 11.0 Å². The highest BCUT2D eigenvalue weighted by molar-refractivity contribution is 6.33. The van der Waals surface area contributed by atoms with Gasteiger partial charge in [0, 0.05) is 0 Å². The van der Waals surface area contributed by atoms with Gasteiger partial charge in [-0.2, -0.15) is 4.39 Å². The predicted octanol–water partition coefficient (Wildman–Crippen LogP) is 2.44. The molecule has 0 saturated carbocycles. The van der Waals surface area contributed by atoms with Crippen LogP contribution in [0.2, 0.25) is 10.2 Å². The van der Waals surface area contributed by atoms with E-state index in [2.05, 4.69) is 4.98 Å². The standard InChI is InChI=1S/C5HCl2FN2O2/c6-2-1-9-5(7)4(3(2)8)10(11)12/h1H. The number of aromatic nitrogens is 1. The molecule has 0 aliphatic heterocycles. The lowest BCUT2D eigenvalue weighted by Gasteiger charge is -1.96. The first-order chi connectivity index (χ1) is 5.54. The molecule has 1 rings (SSSR count). The van der Waals surface area contributed by atoms with E-state index in [1.165, 1.54) is 0 Å². The van der Waals surface area contributed by atoms with E-state index in [4.69, 9.17) is 23.2 Å². The molecule has 7 heteroatoms. The van der Waals surface area contributed by atoms with Gasteiger partial charge in [0.15, 0.2) is 0 Å². The molecule has 1 aromatic rings. The summed E-state index contributed by atoms with van der Waals surface area (Å²) in [5.74, 6) is -1.17. The van der Waals surface area contributed by atoms with Crippen LogP contribution in [0, 0.1) is 15.9 Å². The molecule has 0 aromatic carbocycles. The average molecular weight is 211 g/mol. The molecule has 0 fully saturated rings. The van der Waals surface area contributed by atoms with Crippen LogP contribution in [0.5, 0.6) is 0 Å². The first-order valence-electron chi connectivity index (χ1n) is 2.68. The van der Waals surface area contributed by atoms with Crippen molar-refractivity contribution < 1.29 is 9.31 Å². The Morgan fingerprint density at radius 2 is 2.17 bits per heavy atom. The summed E-state index contributed by atoms with van der Waals surface area (Å²) in [5.41, 5.74) is -0.899. The molecule has 12 heavy (non-hydrogen) atoms. The Labute approximate surface area is 76.1 Å². The van der Waals surface area contributed by atoms with Gasteiger partial charge in [0.1, 0.15) is 5.02 Å². The van der Waals surface area contributed by atoms with Gasteiger partial charge in [-0.05, 0) is 0 Å². The van der Waals surface area contributed by atoms with Crippen LogP contribution in [0.3, 0.4) is 0 Å². The maximum Gasteiger partial charge on any atom is 0.343 e. The average Bonchev–Trinajstić information content (AvgIpc) is 1.97. The lowest BCUT2D eigenvalue weighted by atomic mass is 10.4. The molecular formula is C5HCl2FN2O2. The van der Waals surface area contributed by atoms with E-state index in [9.17, 15) is 14.5 Å². The summed E-state index contributed by atoms with van der Waals surface area (Å²) in [6.07, 6.45) is 0.909. The number of pyridine rings is 1. The zero-order chi connectivity index (χ0) is 9.30. The fourth-order valence-corrected chi connectivity index (χ4v) is 0.929. The number of rotatable bonds is 1. The minimum atomic E-state index is -1.17. The lowest BCUT2D eigenvalue weighted by Crippen LogP contribution is -1.95. The molecule has 0 unspecified atom stereocenters. The Morgan fingerprint density at radius 1 is 1.58 bits per heavy atom. The molecule has 0 amide bonds. The summed E-state index contributed by atoms with van der Waals surface area (Å²) in [7, 11) is 0. The summed E-state index contributed by atoms with van der Waals surface area (Å²) in [6.45, 7) is 0. The van der Waals surface area contributed by atoms with Gasteiger partial charge < -0.3 is 0 Å². The molecule has 0 aliphatic carbocycles. The SMILES string of the molecule is O=[N+]([O-])c1c(Cl)ncc(Cl)c1F. The number of nitro groups is 1. The van der Waals surface area contributed by atoms with Crippen molar-refractivity contribution >= 4 is 28.9 Å². The van der Waals surface area contributed by atoms with Gasteiger partial charge in [-0.1, -0.05) is 23.2 Å². The van der Waals surface area contributed by atoms with E-state index in [0.717, 1.165) is 6.20 Å². The molecule has 0 saturated heterocycles. The number of hydrogen-bond donors (Lipinski definition) is 0. The molecule has 1 heterocycles. The van der Waals surface area contributed by atoms with E-state index < -0.39 is 26.6 Å². The normalized spacial score (nSPS) is 9.92. The molecule has 64 valence electrons. The van der Waals surface area contributed by atoms with Gasteiger partial charge in [-0.3, -0.25) is 10.1 Å². The van der Waals surface area contributed by atoms with E-state index in [1.54, 1.807) is 0 Å². The molecular weight excluding hydrogens is 210 g/mol. The van der Waals surface area contributed by atoms with Gasteiger partial charge >= 0.3 is 5.69 Å². The van der Waals surface area contributed by atoms with E-state index in [0.29, 0.717) is 0 Å². The van der Waals surface area contributed by atoms with Gasteiger partial charge in [-0.25, -0.2) is 4.98 Å². The number of hydrogen-bond acceptors (Lipinski definition) is 3. The van der Waals surface area contributed by atoms with Crippen molar-refractivity contribution in [2.24, 2.45) is 0 Å². The lowest BCUT2D eigenvalue weighted by molar-refractivity contribution is -0.387. The number of nitrogens with zero attached hydrogens (tertiary/aromatic N) is 2. The summed E-state index contributed by atoms with van der Waals surface area (Å²) in [4.78, 5) is 12.5. The topological polar surface area (TPSA) is 56.0 Å². The highest BCUT2D eigenvalue weighted by Crippen LogP contribution is 2.29. The first-order valence-corrected chi connectivity index (χ1v) is 3.43. The van der Waals surface area contributed by atoms with Crippen molar-refractivity contribution in [3.8, 4) is 0 Å². The van der Waals surface area contributed by atoms with Crippen LogP contribution in [0.15, 0.2) is 6.20 Å². The van der Waals surface area contributed by atoms with Crippen LogP contribution >= 0.6 is 23.2 Å². The van der Waals surface area contributed by atoms with Crippen LogP contribution in [-0.4, -0.2) is 9.91 Å². The molecule has 0 spiro atoms. The minimum absolute atomic E-state index is 0.425. The van der Waals surface area contributed by atoms with Gasteiger partial charge in [0.05, 0.1) is 11.1 Å². The molecule has 0 radical (unpaired) electrons. The fourth-order valence-electron chi connectivity index (χ4n) is 0.590. The maximum absolute atomic E-state index is 12.8. The molecule has 0 aliphatic rings. The highest BCUT2D eigenvalue weighted by atomic mass is 35.5. The summed E-state index contributed by atoms with van der Waals surface area (Å²) >= 11 is 10.5. The van der Waals surface area contributed by atoms with Gasteiger partial charge in [0.25, 0.3) is 0 Å². The van der Waals surface area contributed by atoms with Crippen LogP contribution in [0.1, 0.15) is 0 Å². The zero-order valence-corrected chi connectivity index (χ0v) is 6.93. The van der Waals surface area contributed by atoms with Crippen LogP contribution < -0.4 is 0 Å². The molecule has 0 N–H and O–H groups in total. The summed E-state index contributed by atoms with van der Waals surface area (Å²) in [6, 6.07) is 0.